The molecule has 2 atom stereocenters. The Bertz CT molecular complexity index is 59.1. The van der Waals surface area contributed by atoms with Gasteiger partial charge in [-0.05, 0) is 6.92 Å². The number of epoxide rings is 1. The van der Waals surface area contributed by atoms with Crippen LogP contribution in [0, 0.1) is 0 Å². The zero-order valence-electron chi connectivity index (χ0n) is 4.68. The molecule has 0 saturated carbocycles. The molecule has 2 heteroatoms. The molecule has 1 heterocycles. The van der Waals surface area contributed by atoms with E-state index >= 15 is 0 Å². The molecular weight excluding hydrogens is 92.1 g/mol. The van der Waals surface area contributed by atoms with Gasteiger partial charge in [0.25, 0.3) is 0 Å². The van der Waals surface area contributed by atoms with Gasteiger partial charge in [-0.3, -0.25) is 0 Å². The van der Waals surface area contributed by atoms with Gasteiger partial charge < -0.3 is 9.47 Å². The Labute approximate surface area is 43.4 Å². The van der Waals surface area contributed by atoms with Crippen LogP contribution >= 0.6 is 0 Å². The average Bonchev–Trinajstić information content (AvgIpc) is 2.44. The highest BCUT2D eigenvalue weighted by molar-refractivity contribution is 4.75. The van der Waals surface area contributed by atoms with Crippen LogP contribution in [0.15, 0.2) is 0 Å². The van der Waals surface area contributed by atoms with E-state index in [9.17, 15) is 0 Å². The van der Waals surface area contributed by atoms with Crippen LogP contribution in [0.5, 0.6) is 0 Å². The third kappa shape index (κ3) is 1.14. The maximum Gasteiger partial charge on any atom is 0.107 e. The molecule has 2 unspecified atom stereocenters. The van der Waals surface area contributed by atoms with E-state index in [2.05, 4.69) is 0 Å². The zero-order chi connectivity index (χ0) is 5.28. The Morgan fingerprint density at radius 2 is 2.43 bits per heavy atom. The van der Waals surface area contributed by atoms with Gasteiger partial charge in [-0.1, -0.05) is 0 Å². The highest BCUT2D eigenvalue weighted by atomic mass is 16.6. The molecule has 0 amide bonds. The molecule has 2 nitrogen and oxygen atoms in total. The minimum atomic E-state index is 0.292. The molecule has 1 aliphatic heterocycles. The van der Waals surface area contributed by atoms with Gasteiger partial charge >= 0.3 is 0 Å². The van der Waals surface area contributed by atoms with Crippen LogP contribution in [-0.2, 0) is 9.47 Å². The molecular formula is C5H10O2. The lowest BCUT2D eigenvalue weighted by Gasteiger charge is -2.01. The molecule has 0 spiro atoms. The quantitative estimate of drug-likeness (QED) is 0.471. The van der Waals surface area contributed by atoms with Crippen LogP contribution in [0.3, 0.4) is 0 Å². The maximum atomic E-state index is 4.95. The van der Waals surface area contributed by atoms with Crippen molar-refractivity contribution in [1.82, 2.24) is 0 Å². The summed E-state index contributed by atoms with van der Waals surface area (Å²) >= 11 is 0. The molecule has 1 aliphatic rings. The fourth-order valence-corrected chi connectivity index (χ4v) is 0.478. The van der Waals surface area contributed by atoms with Gasteiger partial charge in [0.05, 0.1) is 12.7 Å². The first-order valence-corrected chi connectivity index (χ1v) is 2.49. The van der Waals surface area contributed by atoms with E-state index in [1.807, 2.05) is 6.92 Å². The number of methoxy groups -OCH3 is 1. The van der Waals surface area contributed by atoms with Gasteiger partial charge in [-0.15, -0.1) is 0 Å². The Hall–Kier alpha value is -0.0800. The lowest BCUT2D eigenvalue weighted by Crippen LogP contribution is -2.11. The van der Waals surface area contributed by atoms with Gasteiger partial charge in [0, 0.05) is 7.11 Å². The number of hydrogen-bond acceptors (Lipinski definition) is 2. The predicted molar refractivity (Wildman–Crippen MR) is 26.2 cm³/mol. The van der Waals surface area contributed by atoms with Crippen LogP contribution < -0.4 is 0 Å². The Balaban J connectivity index is 2.10. The summed E-state index contributed by atoms with van der Waals surface area (Å²) in [5, 5.41) is 0. The number of hydrogen-bond donors (Lipinski definition) is 0. The van der Waals surface area contributed by atoms with Crippen molar-refractivity contribution in [3.63, 3.8) is 0 Å². The van der Waals surface area contributed by atoms with E-state index < -0.39 is 0 Å². The lowest BCUT2D eigenvalue weighted by molar-refractivity contribution is 0.0909. The molecule has 0 aromatic heterocycles. The smallest absolute Gasteiger partial charge is 0.107 e. The third-order valence-corrected chi connectivity index (χ3v) is 1.25. The molecule has 1 fully saturated rings. The monoisotopic (exact) mass is 102 g/mol. The van der Waals surface area contributed by atoms with Crippen LogP contribution in [0.25, 0.3) is 0 Å². The highest BCUT2D eigenvalue weighted by Crippen LogP contribution is 2.14. The van der Waals surface area contributed by atoms with E-state index in [1.165, 1.54) is 0 Å². The Kier molecular flexibility index (Phi) is 1.30. The van der Waals surface area contributed by atoms with Crippen molar-refractivity contribution in [2.45, 2.75) is 19.1 Å². The molecule has 0 aromatic carbocycles. The molecule has 0 radical (unpaired) electrons. The van der Waals surface area contributed by atoms with E-state index in [-0.39, 0.29) is 0 Å². The molecule has 42 valence electrons. The zero-order valence-corrected chi connectivity index (χ0v) is 4.68. The topological polar surface area (TPSA) is 21.8 Å². The average molecular weight is 102 g/mol. The van der Waals surface area contributed by atoms with Crippen LogP contribution in [-0.4, -0.2) is 25.9 Å². The first kappa shape index (κ1) is 5.06. The van der Waals surface area contributed by atoms with Crippen molar-refractivity contribution < 1.29 is 9.47 Å². The molecule has 0 bridgehead atoms. The second-order valence-electron chi connectivity index (χ2n) is 1.81. The minimum Gasteiger partial charge on any atom is -0.379 e. The van der Waals surface area contributed by atoms with Gasteiger partial charge in [0.2, 0.25) is 0 Å². The summed E-state index contributed by atoms with van der Waals surface area (Å²) in [6, 6.07) is 0. The fraction of sp³-hybridized carbons (Fsp3) is 1.00. The predicted octanol–water partition coefficient (Wildman–Crippen LogP) is 0.420. The van der Waals surface area contributed by atoms with E-state index in [0.29, 0.717) is 12.2 Å². The van der Waals surface area contributed by atoms with E-state index in [1.54, 1.807) is 7.11 Å². The first-order valence-electron chi connectivity index (χ1n) is 2.49. The molecule has 0 aliphatic carbocycles. The second kappa shape index (κ2) is 1.80. The van der Waals surface area contributed by atoms with Crippen molar-refractivity contribution in [2.75, 3.05) is 13.7 Å². The molecule has 0 aromatic rings. The highest BCUT2D eigenvalue weighted by Gasteiger charge is 2.28. The van der Waals surface area contributed by atoms with Crippen molar-refractivity contribution in [3.05, 3.63) is 0 Å². The van der Waals surface area contributed by atoms with E-state index in [0.717, 1.165) is 6.61 Å². The van der Waals surface area contributed by atoms with Crippen LogP contribution in [0.1, 0.15) is 6.92 Å². The first-order chi connectivity index (χ1) is 3.34. The molecule has 0 N–H and O–H groups in total. The van der Waals surface area contributed by atoms with Crippen molar-refractivity contribution in [3.8, 4) is 0 Å². The van der Waals surface area contributed by atoms with Gasteiger partial charge in [0.1, 0.15) is 6.10 Å². The number of rotatable bonds is 2. The van der Waals surface area contributed by atoms with Crippen molar-refractivity contribution in [1.29, 1.82) is 0 Å². The Morgan fingerprint density at radius 3 is 2.57 bits per heavy atom. The summed E-state index contributed by atoms with van der Waals surface area (Å²) in [7, 11) is 1.70. The summed E-state index contributed by atoms with van der Waals surface area (Å²) in [6.45, 7) is 2.90. The van der Waals surface area contributed by atoms with Crippen molar-refractivity contribution >= 4 is 0 Å². The SMILES string of the molecule is COC(C)C1CO1. The summed E-state index contributed by atoms with van der Waals surface area (Å²) < 4.78 is 9.89. The molecule has 1 rings (SSSR count). The molecule has 1 saturated heterocycles. The molecule has 7 heavy (non-hydrogen) atoms. The van der Waals surface area contributed by atoms with E-state index in [4.69, 9.17) is 9.47 Å². The fourth-order valence-electron chi connectivity index (χ4n) is 0.478. The number of ether oxygens (including phenoxy) is 2. The summed E-state index contributed by atoms with van der Waals surface area (Å²) in [5.41, 5.74) is 0. The van der Waals surface area contributed by atoms with Crippen LogP contribution in [0.2, 0.25) is 0 Å². The third-order valence-electron chi connectivity index (χ3n) is 1.25. The van der Waals surface area contributed by atoms with Gasteiger partial charge in [0.15, 0.2) is 0 Å². The second-order valence-corrected chi connectivity index (χ2v) is 1.81. The summed E-state index contributed by atoms with van der Waals surface area (Å²) in [4.78, 5) is 0. The normalized spacial score (nSPS) is 32.6. The van der Waals surface area contributed by atoms with Crippen LogP contribution in [0.4, 0.5) is 0 Å². The minimum absolute atomic E-state index is 0.292. The Morgan fingerprint density at radius 1 is 1.86 bits per heavy atom. The summed E-state index contributed by atoms with van der Waals surface area (Å²) in [5.74, 6) is 0. The summed E-state index contributed by atoms with van der Waals surface area (Å²) in [6.07, 6.45) is 0.685. The van der Waals surface area contributed by atoms with Gasteiger partial charge in [-0.25, -0.2) is 0 Å². The van der Waals surface area contributed by atoms with Crippen molar-refractivity contribution in [2.24, 2.45) is 0 Å². The van der Waals surface area contributed by atoms with Gasteiger partial charge in [-0.2, -0.15) is 0 Å². The standard InChI is InChI=1S/C5H10O2/c1-4(6-2)5-3-7-5/h4-5H,3H2,1-2H3. The maximum absolute atomic E-state index is 4.95. The largest absolute Gasteiger partial charge is 0.379 e. The lowest BCUT2D eigenvalue weighted by atomic mass is 10.3.